The third-order valence-electron chi connectivity index (χ3n) is 2.04. The van der Waals surface area contributed by atoms with E-state index in [0.717, 1.165) is 12.1 Å². The summed E-state index contributed by atoms with van der Waals surface area (Å²) in [6, 6.07) is 2.18. The Kier molecular flexibility index (Phi) is 2.17. The number of nitrogens with zero attached hydrogens (tertiary/aromatic N) is 2. The average molecular weight is 197 g/mol. The third kappa shape index (κ3) is 1.26. The summed E-state index contributed by atoms with van der Waals surface area (Å²) in [5.74, 6) is -0.947. The van der Waals surface area contributed by atoms with Crippen molar-refractivity contribution in [3.05, 3.63) is 30.0 Å². The van der Waals surface area contributed by atoms with Crippen molar-refractivity contribution < 1.29 is 8.78 Å². The highest BCUT2D eigenvalue weighted by Crippen LogP contribution is 2.20. The van der Waals surface area contributed by atoms with Crippen molar-refractivity contribution in [1.29, 1.82) is 0 Å². The molecule has 0 aliphatic carbocycles. The lowest BCUT2D eigenvalue weighted by atomic mass is 10.2. The number of hydrogen-bond donors (Lipinski definition) is 1. The Morgan fingerprint density at radius 1 is 1.29 bits per heavy atom. The molecule has 0 aliphatic heterocycles. The molecule has 2 aromatic rings. The van der Waals surface area contributed by atoms with Gasteiger partial charge in [0.1, 0.15) is 17.2 Å². The highest BCUT2D eigenvalue weighted by atomic mass is 19.1. The Bertz CT molecular complexity index is 464. The Morgan fingerprint density at radius 3 is 2.71 bits per heavy atom. The van der Waals surface area contributed by atoms with Gasteiger partial charge in [-0.3, -0.25) is 4.68 Å². The lowest BCUT2D eigenvalue weighted by Crippen LogP contribution is -2.11. The first-order valence-corrected chi connectivity index (χ1v) is 4.23. The Balaban J connectivity index is 2.70. The normalized spacial score (nSPS) is 11.1. The predicted molar refractivity (Wildman–Crippen MR) is 48.7 cm³/mol. The molecule has 0 saturated heterocycles. The van der Waals surface area contributed by atoms with Crippen LogP contribution in [0.15, 0.2) is 18.3 Å². The largest absolute Gasteiger partial charge is 0.329 e. The summed E-state index contributed by atoms with van der Waals surface area (Å²) >= 11 is 0. The van der Waals surface area contributed by atoms with Crippen LogP contribution in [0.25, 0.3) is 10.9 Å². The monoisotopic (exact) mass is 197 g/mol. The van der Waals surface area contributed by atoms with Gasteiger partial charge in [0, 0.05) is 6.54 Å². The van der Waals surface area contributed by atoms with Gasteiger partial charge in [-0.05, 0) is 12.1 Å². The van der Waals surface area contributed by atoms with Gasteiger partial charge in [-0.2, -0.15) is 5.10 Å². The maximum absolute atomic E-state index is 13.3. The lowest BCUT2D eigenvalue weighted by molar-refractivity contribution is 0.592. The van der Waals surface area contributed by atoms with Gasteiger partial charge in [-0.1, -0.05) is 0 Å². The number of fused-ring (bicyclic) bond motifs is 1. The van der Waals surface area contributed by atoms with Crippen LogP contribution in [0, 0.1) is 11.6 Å². The molecule has 0 saturated carbocycles. The van der Waals surface area contributed by atoms with Crippen LogP contribution in [-0.4, -0.2) is 16.3 Å². The van der Waals surface area contributed by atoms with Gasteiger partial charge < -0.3 is 5.73 Å². The Labute approximate surface area is 79.1 Å². The van der Waals surface area contributed by atoms with E-state index in [2.05, 4.69) is 5.10 Å². The van der Waals surface area contributed by atoms with Gasteiger partial charge in [-0.15, -0.1) is 0 Å². The molecule has 0 radical (unpaired) electrons. The number of benzene rings is 1. The summed E-state index contributed by atoms with van der Waals surface area (Å²) < 4.78 is 27.9. The molecule has 0 spiro atoms. The van der Waals surface area contributed by atoms with E-state index >= 15 is 0 Å². The van der Waals surface area contributed by atoms with Crippen molar-refractivity contribution in [2.45, 2.75) is 6.54 Å². The van der Waals surface area contributed by atoms with Crippen LogP contribution in [0.5, 0.6) is 0 Å². The Morgan fingerprint density at radius 2 is 2.00 bits per heavy atom. The van der Waals surface area contributed by atoms with Crippen molar-refractivity contribution in [2.75, 3.05) is 6.54 Å². The summed E-state index contributed by atoms with van der Waals surface area (Å²) in [5.41, 5.74) is 5.50. The number of hydrogen-bond acceptors (Lipinski definition) is 2. The van der Waals surface area contributed by atoms with E-state index in [1.807, 2.05) is 0 Å². The molecule has 1 aromatic heterocycles. The highest BCUT2D eigenvalue weighted by molar-refractivity contribution is 5.79. The first kappa shape index (κ1) is 9.08. The zero-order valence-corrected chi connectivity index (χ0v) is 7.37. The highest BCUT2D eigenvalue weighted by Gasteiger charge is 2.11. The zero-order chi connectivity index (χ0) is 10.1. The fraction of sp³-hybridized carbons (Fsp3) is 0.222. The summed E-state index contributed by atoms with van der Waals surface area (Å²) in [6.07, 6.45) is 1.31. The van der Waals surface area contributed by atoms with Crippen LogP contribution in [-0.2, 0) is 6.54 Å². The molecule has 74 valence electrons. The predicted octanol–water partition coefficient (Wildman–Crippen LogP) is 1.27. The fourth-order valence-electron chi connectivity index (χ4n) is 1.42. The van der Waals surface area contributed by atoms with Crippen LogP contribution in [0.4, 0.5) is 8.78 Å². The first-order valence-electron chi connectivity index (χ1n) is 4.23. The fourth-order valence-corrected chi connectivity index (χ4v) is 1.42. The van der Waals surface area contributed by atoms with E-state index in [1.165, 1.54) is 10.9 Å². The number of nitrogens with two attached hydrogens (primary N) is 1. The molecule has 1 heterocycles. The third-order valence-corrected chi connectivity index (χ3v) is 2.04. The molecular weight excluding hydrogens is 188 g/mol. The number of halogens is 2. The van der Waals surface area contributed by atoms with Crippen molar-refractivity contribution in [3.63, 3.8) is 0 Å². The van der Waals surface area contributed by atoms with E-state index < -0.39 is 11.6 Å². The van der Waals surface area contributed by atoms with Crippen molar-refractivity contribution >= 4 is 10.9 Å². The molecule has 0 aliphatic rings. The summed E-state index contributed by atoms with van der Waals surface area (Å²) in [5, 5.41) is 4.06. The van der Waals surface area contributed by atoms with Gasteiger partial charge in [0.05, 0.1) is 18.1 Å². The maximum Gasteiger partial charge on any atom is 0.149 e. The van der Waals surface area contributed by atoms with E-state index in [0.29, 0.717) is 13.1 Å². The summed E-state index contributed by atoms with van der Waals surface area (Å²) in [7, 11) is 0. The molecule has 3 nitrogen and oxygen atoms in total. The number of rotatable bonds is 2. The summed E-state index contributed by atoms with van der Waals surface area (Å²) in [4.78, 5) is 0. The smallest absolute Gasteiger partial charge is 0.149 e. The van der Waals surface area contributed by atoms with Crippen LogP contribution in [0.3, 0.4) is 0 Å². The molecule has 2 rings (SSSR count). The Hall–Kier alpha value is -1.49. The van der Waals surface area contributed by atoms with E-state index in [1.54, 1.807) is 0 Å². The minimum absolute atomic E-state index is 0.176. The first-order chi connectivity index (χ1) is 6.74. The molecule has 1 aromatic carbocycles. The molecule has 5 heteroatoms. The average Bonchev–Trinajstić information content (AvgIpc) is 2.58. The molecule has 0 unspecified atom stereocenters. The van der Waals surface area contributed by atoms with Gasteiger partial charge in [0.15, 0.2) is 0 Å². The standard InChI is InChI=1S/C9H9F2N3/c10-7-1-2-8(11)9-6(7)5-13-14(9)4-3-12/h1-2,5H,3-4,12H2. The number of aromatic nitrogens is 2. The van der Waals surface area contributed by atoms with E-state index in [4.69, 9.17) is 5.73 Å². The molecule has 2 N–H and O–H groups in total. The molecule has 14 heavy (non-hydrogen) atoms. The van der Waals surface area contributed by atoms with Crippen molar-refractivity contribution in [2.24, 2.45) is 5.73 Å². The maximum atomic E-state index is 13.3. The van der Waals surface area contributed by atoms with Crippen LogP contribution < -0.4 is 5.73 Å². The second-order valence-corrected chi connectivity index (χ2v) is 2.95. The second-order valence-electron chi connectivity index (χ2n) is 2.95. The van der Waals surface area contributed by atoms with Gasteiger partial charge in [0.25, 0.3) is 0 Å². The van der Waals surface area contributed by atoms with Crippen molar-refractivity contribution in [3.8, 4) is 0 Å². The molecule has 0 amide bonds. The lowest BCUT2D eigenvalue weighted by Gasteiger charge is -2.01. The molecule has 0 atom stereocenters. The molecule has 0 bridgehead atoms. The second kappa shape index (κ2) is 3.34. The topological polar surface area (TPSA) is 43.8 Å². The van der Waals surface area contributed by atoms with Gasteiger partial charge in [0.2, 0.25) is 0 Å². The zero-order valence-electron chi connectivity index (χ0n) is 7.37. The summed E-state index contributed by atoms with van der Waals surface area (Å²) in [6.45, 7) is 0.719. The van der Waals surface area contributed by atoms with Crippen LogP contribution >= 0.6 is 0 Å². The van der Waals surface area contributed by atoms with Gasteiger partial charge >= 0.3 is 0 Å². The quantitative estimate of drug-likeness (QED) is 0.787. The van der Waals surface area contributed by atoms with Crippen LogP contribution in [0.2, 0.25) is 0 Å². The molecule has 0 fully saturated rings. The molecular formula is C9H9F2N3. The van der Waals surface area contributed by atoms with E-state index in [9.17, 15) is 8.78 Å². The van der Waals surface area contributed by atoms with Crippen molar-refractivity contribution in [1.82, 2.24) is 9.78 Å². The minimum Gasteiger partial charge on any atom is -0.329 e. The SMILES string of the molecule is NCCn1ncc2c(F)ccc(F)c21. The van der Waals surface area contributed by atoms with Crippen LogP contribution in [0.1, 0.15) is 0 Å². The van der Waals surface area contributed by atoms with E-state index in [-0.39, 0.29) is 10.9 Å². The van der Waals surface area contributed by atoms with Gasteiger partial charge in [-0.25, -0.2) is 8.78 Å². The minimum atomic E-state index is -0.479.